The van der Waals surface area contributed by atoms with E-state index in [1.54, 1.807) is 7.11 Å². The van der Waals surface area contributed by atoms with Crippen molar-refractivity contribution in [1.82, 2.24) is 9.97 Å². The van der Waals surface area contributed by atoms with Gasteiger partial charge in [0.1, 0.15) is 10.8 Å². The molecular weight excluding hydrogens is 297 g/mol. The number of aryl methyl sites for hydroxylation is 1. The Bertz CT molecular complexity index is 576. The molecule has 1 aromatic heterocycles. The molecule has 2 aromatic rings. The Labute approximate surface area is 129 Å². The number of hydrogen-bond acceptors (Lipinski definition) is 4. The molecule has 0 aliphatic carbocycles. The van der Waals surface area contributed by atoms with Crippen LogP contribution >= 0.6 is 23.2 Å². The van der Waals surface area contributed by atoms with Crippen LogP contribution in [0.1, 0.15) is 19.4 Å². The molecule has 108 valence electrons. The molecule has 2 rings (SSSR count). The van der Waals surface area contributed by atoms with Crippen LogP contribution in [0.25, 0.3) is 0 Å². The fraction of sp³-hybridized carbons (Fsp3) is 0.286. The number of methoxy groups -OCH3 is 1. The van der Waals surface area contributed by atoms with Crippen LogP contribution in [-0.2, 0) is 0 Å². The van der Waals surface area contributed by atoms with Crippen LogP contribution in [0.3, 0.4) is 0 Å². The lowest BCUT2D eigenvalue weighted by Gasteiger charge is -2.10. The predicted octanol–water partition coefficient (Wildman–Crippen LogP) is 4.87. The van der Waals surface area contributed by atoms with Gasteiger partial charge in [-0.3, -0.25) is 0 Å². The standard InChI is InChI=1S/C12H11Cl2N3O.C2H6/c1-7-5-8(3-4-10(7)18-2)16-11-9(13)6-15-12(14)17-11;1-2/h3-6H,1-2H3,(H,15,16,17);1-2H3. The van der Waals surface area contributed by atoms with Gasteiger partial charge >= 0.3 is 0 Å². The van der Waals surface area contributed by atoms with E-state index in [2.05, 4.69) is 15.3 Å². The van der Waals surface area contributed by atoms with E-state index in [4.69, 9.17) is 27.9 Å². The molecule has 20 heavy (non-hydrogen) atoms. The van der Waals surface area contributed by atoms with E-state index in [-0.39, 0.29) is 5.28 Å². The largest absolute Gasteiger partial charge is 0.496 e. The van der Waals surface area contributed by atoms with Crippen LogP contribution in [0.5, 0.6) is 5.75 Å². The van der Waals surface area contributed by atoms with Crippen molar-refractivity contribution in [3.63, 3.8) is 0 Å². The Hall–Kier alpha value is -1.52. The molecule has 6 heteroatoms. The van der Waals surface area contributed by atoms with Crippen molar-refractivity contribution >= 4 is 34.7 Å². The Balaban J connectivity index is 0.000000956. The SMILES string of the molecule is CC.COc1ccc(Nc2nc(Cl)ncc2Cl)cc1C. The van der Waals surface area contributed by atoms with Crippen molar-refractivity contribution in [3.05, 3.63) is 40.3 Å². The van der Waals surface area contributed by atoms with E-state index in [1.807, 2.05) is 39.0 Å². The first-order valence-electron chi connectivity index (χ1n) is 6.20. The van der Waals surface area contributed by atoms with Gasteiger partial charge in [-0.25, -0.2) is 4.98 Å². The van der Waals surface area contributed by atoms with Gasteiger partial charge in [-0.1, -0.05) is 25.4 Å². The third-order valence-electron chi connectivity index (χ3n) is 2.37. The lowest BCUT2D eigenvalue weighted by molar-refractivity contribution is 0.412. The summed E-state index contributed by atoms with van der Waals surface area (Å²) in [7, 11) is 1.64. The number of halogens is 2. The van der Waals surface area contributed by atoms with Crippen molar-refractivity contribution < 1.29 is 4.74 Å². The van der Waals surface area contributed by atoms with Gasteiger partial charge in [0.25, 0.3) is 0 Å². The van der Waals surface area contributed by atoms with Gasteiger partial charge in [-0.15, -0.1) is 0 Å². The maximum atomic E-state index is 5.97. The number of ether oxygens (including phenoxy) is 1. The minimum absolute atomic E-state index is 0.145. The van der Waals surface area contributed by atoms with Gasteiger partial charge in [0.2, 0.25) is 5.28 Å². The monoisotopic (exact) mass is 313 g/mol. The summed E-state index contributed by atoms with van der Waals surface area (Å²) in [4.78, 5) is 7.81. The van der Waals surface area contributed by atoms with Gasteiger partial charge in [0.15, 0.2) is 5.82 Å². The molecule has 1 heterocycles. The van der Waals surface area contributed by atoms with Gasteiger partial charge in [0, 0.05) is 5.69 Å². The van der Waals surface area contributed by atoms with Crippen LogP contribution in [0.15, 0.2) is 24.4 Å². The second-order valence-corrected chi connectivity index (χ2v) is 4.39. The van der Waals surface area contributed by atoms with Gasteiger partial charge < -0.3 is 10.1 Å². The van der Waals surface area contributed by atoms with Crippen molar-refractivity contribution in [2.24, 2.45) is 0 Å². The number of aromatic nitrogens is 2. The highest BCUT2D eigenvalue weighted by Gasteiger charge is 2.06. The first-order chi connectivity index (χ1) is 9.60. The van der Waals surface area contributed by atoms with Crippen LogP contribution in [0, 0.1) is 6.92 Å². The Morgan fingerprint density at radius 2 is 1.90 bits per heavy atom. The molecule has 1 aromatic carbocycles. The number of nitrogens with zero attached hydrogens (tertiary/aromatic N) is 2. The summed E-state index contributed by atoms with van der Waals surface area (Å²) < 4.78 is 5.19. The van der Waals surface area contributed by atoms with Crippen molar-refractivity contribution in [3.8, 4) is 5.75 Å². The highest BCUT2D eigenvalue weighted by molar-refractivity contribution is 6.33. The average Bonchev–Trinajstić information content (AvgIpc) is 2.45. The minimum atomic E-state index is 0.145. The molecule has 0 bridgehead atoms. The Morgan fingerprint density at radius 3 is 2.50 bits per heavy atom. The van der Waals surface area contributed by atoms with E-state index in [1.165, 1.54) is 6.20 Å². The molecule has 1 N–H and O–H groups in total. The third kappa shape index (κ3) is 4.25. The lowest BCUT2D eigenvalue weighted by Crippen LogP contribution is -1.97. The average molecular weight is 314 g/mol. The quantitative estimate of drug-likeness (QED) is 0.821. The molecule has 4 nitrogen and oxygen atoms in total. The van der Waals surface area contributed by atoms with Crippen molar-refractivity contribution in [2.45, 2.75) is 20.8 Å². The maximum absolute atomic E-state index is 5.97. The molecule has 0 aliphatic heterocycles. The summed E-state index contributed by atoms with van der Waals surface area (Å²) in [6.07, 6.45) is 1.45. The maximum Gasteiger partial charge on any atom is 0.224 e. The molecule has 0 unspecified atom stereocenters. The molecule has 0 aliphatic rings. The second-order valence-electron chi connectivity index (χ2n) is 3.64. The molecule has 0 atom stereocenters. The zero-order valence-corrected chi connectivity index (χ0v) is 13.4. The van der Waals surface area contributed by atoms with Crippen molar-refractivity contribution in [2.75, 3.05) is 12.4 Å². The molecule has 0 amide bonds. The summed E-state index contributed by atoms with van der Waals surface area (Å²) in [5.74, 6) is 1.30. The fourth-order valence-electron chi connectivity index (χ4n) is 1.53. The number of hydrogen-bond donors (Lipinski definition) is 1. The number of rotatable bonds is 3. The molecule has 0 fully saturated rings. The summed E-state index contributed by atoms with van der Waals surface area (Å²) >= 11 is 11.7. The van der Waals surface area contributed by atoms with E-state index in [0.29, 0.717) is 10.8 Å². The smallest absolute Gasteiger partial charge is 0.224 e. The van der Waals surface area contributed by atoms with Gasteiger partial charge in [0.05, 0.1) is 13.3 Å². The first-order valence-corrected chi connectivity index (χ1v) is 6.95. The lowest BCUT2D eigenvalue weighted by atomic mass is 10.2. The van der Waals surface area contributed by atoms with Crippen LogP contribution in [-0.4, -0.2) is 17.1 Å². The summed E-state index contributed by atoms with van der Waals surface area (Å²) in [5.41, 5.74) is 1.86. The number of anilines is 2. The minimum Gasteiger partial charge on any atom is -0.496 e. The molecular formula is C14H17Cl2N3O. The number of nitrogens with one attached hydrogen (secondary N) is 1. The molecule has 0 spiro atoms. The van der Waals surface area contributed by atoms with Gasteiger partial charge in [-0.2, -0.15) is 4.98 Å². The van der Waals surface area contributed by atoms with E-state index in [9.17, 15) is 0 Å². The summed E-state index contributed by atoms with van der Waals surface area (Å²) in [6, 6.07) is 5.68. The molecule has 0 saturated heterocycles. The highest BCUT2D eigenvalue weighted by Crippen LogP contribution is 2.27. The molecule has 0 radical (unpaired) electrons. The zero-order valence-electron chi connectivity index (χ0n) is 11.9. The summed E-state index contributed by atoms with van der Waals surface area (Å²) in [6.45, 7) is 5.96. The van der Waals surface area contributed by atoms with Crippen LogP contribution in [0.4, 0.5) is 11.5 Å². The fourth-order valence-corrected chi connectivity index (χ4v) is 1.80. The summed E-state index contributed by atoms with van der Waals surface area (Å²) in [5, 5.41) is 3.64. The van der Waals surface area contributed by atoms with Gasteiger partial charge in [-0.05, 0) is 42.3 Å². The zero-order chi connectivity index (χ0) is 15.1. The predicted molar refractivity (Wildman–Crippen MR) is 84.4 cm³/mol. The topological polar surface area (TPSA) is 47.0 Å². The Kier molecular flexibility index (Phi) is 6.55. The van der Waals surface area contributed by atoms with E-state index < -0.39 is 0 Å². The highest BCUT2D eigenvalue weighted by atomic mass is 35.5. The second kappa shape index (κ2) is 7.92. The first kappa shape index (κ1) is 16.5. The Morgan fingerprint density at radius 1 is 1.20 bits per heavy atom. The van der Waals surface area contributed by atoms with Crippen molar-refractivity contribution in [1.29, 1.82) is 0 Å². The third-order valence-corrected chi connectivity index (χ3v) is 2.83. The number of benzene rings is 1. The molecule has 0 saturated carbocycles. The van der Waals surface area contributed by atoms with Crippen LogP contribution < -0.4 is 10.1 Å². The normalized spacial score (nSPS) is 9.50. The van der Waals surface area contributed by atoms with E-state index >= 15 is 0 Å². The van der Waals surface area contributed by atoms with E-state index in [0.717, 1.165) is 17.0 Å². The van der Waals surface area contributed by atoms with Crippen LogP contribution in [0.2, 0.25) is 10.3 Å².